The van der Waals surface area contributed by atoms with Crippen LogP contribution in [-0.4, -0.2) is 30.8 Å². The normalized spacial score (nSPS) is 28.6. The van der Waals surface area contributed by atoms with Crippen LogP contribution in [0.15, 0.2) is 0 Å². The summed E-state index contributed by atoms with van der Waals surface area (Å²) in [7, 11) is -5.14. The van der Waals surface area contributed by atoms with Crippen LogP contribution in [0.2, 0.25) is 0 Å². The average molecular weight is 259 g/mol. The molecule has 0 aliphatic carbocycles. The van der Waals surface area contributed by atoms with Crippen LogP contribution >= 0.6 is 0 Å². The van der Waals surface area contributed by atoms with Gasteiger partial charge in [0.1, 0.15) is 0 Å². The minimum Gasteiger partial charge on any atom is -0.203 e. The third kappa shape index (κ3) is 2.51. The Kier molecular flexibility index (Phi) is 3.89. The van der Waals surface area contributed by atoms with E-state index in [4.69, 9.17) is 0 Å². The molecule has 16 heavy (non-hydrogen) atoms. The van der Waals surface area contributed by atoms with E-state index in [-0.39, 0.29) is 12.5 Å². The number of nitrogens with zero attached hydrogens (tertiary/aromatic N) is 1. The maximum Gasteiger partial charge on any atom is 0.511 e. The summed E-state index contributed by atoms with van der Waals surface area (Å²) in [5.74, 6) is 0.0529. The summed E-state index contributed by atoms with van der Waals surface area (Å²) >= 11 is 0. The van der Waals surface area contributed by atoms with Gasteiger partial charge in [-0.2, -0.15) is 17.5 Å². The van der Waals surface area contributed by atoms with E-state index in [2.05, 4.69) is 0 Å². The van der Waals surface area contributed by atoms with Crippen molar-refractivity contribution in [3.8, 4) is 0 Å². The molecule has 2 atom stereocenters. The lowest BCUT2D eigenvalue weighted by Gasteiger charge is -2.22. The van der Waals surface area contributed by atoms with Gasteiger partial charge in [0.25, 0.3) is 0 Å². The summed E-state index contributed by atoms with van der Waals surface area (Å²) in [5, 5.41) is 0. The zero-order chi connectivity index (χ0) is 12.6. The van der Waals surface area contributed by atoms with Gasteiger partial charge in [-0.25, -0.2) is 8.42 Å². The quantitative estimate of drug-likeness (QED) is 0.780. The fraction of sp³-hybridized carbons (Fsp3) is 1.00. The molecule has 1 rings (SSSR count). The van der Waals surface area contributed by atoms with Crippen molar-refractivity contribution in [2.45, 2.75) is 44.7 Å². The molecule has 0 aromatic heterocycles. The lowest BCUT2D eigenvalue weighted by molar-refractivity contribution is -0.0491. The molecule has 1 fully saturated rings. The Morgan fingerprint density at radius 3 is 2.38 bits per heavy atom. The third-order valence-electron chi connectivity index (χ3n) is 2.90. The molecule has 3 nitrogen and oxygen atoms in total. The van der Waals surface area contributed by atoms with Crippen LogP contribution in [-0.2, 0) is 10.0 Å². The van der Waals surface area contributed by atoms with Gasteiger partial charge in [-0.05, 0) is 25.7 Å². The van der Waals surface area contributed by atoms with Gasteiger partial charge in [0, 0.05) is 12.6 Å². The molecule has 7 heteroatoms. The van der Waals surface area contributed by atoms with Gasteiger partial charge < -0.3 is 0 Å². The number of hydrogen-bond donors (Lipinski definition) is 0. The second-order valence-electron chi connectivity index (χ2n) is 4.26. The highest BCUT2D eigenvalue weighted by atomic mass is 32.2. The fourth-order valence-electron chi connectivity index (χ4n) is 2.19. The summed E-state index contributed by atoms with van der Waals surface area (Å²) < 4.78 is 60.0. The van der Waals surface area contributed by atoms with Crippen LogP contribution < -0.4 is 0 Å². The number of hydrogen-bond acceptors (Lipinski definition) is 2. The predicted molar refractivity (Wildman–Crippen MR) is 54.2 cm³/mol. The number of rotatable bonds is 3. The van der Waals surface area contributed by atoms with Gasteiger partial charge in [-0.3, -0.25) is 0 Å². The Hall–Kier alpha value is -0.300. The van der Waals surface area contributed by atoms with Crippen LogP contribution in [0, 0.1) is 5.92 Å². The molecule has 0 aromatic carbocycles. The van der Waals surface area contributed by atoms with Gasteiger partial charge in [-0.15, -0.1) is 0 Å². The van der Waals surface area contributed by atoms with Crippen molar-refractivity contribution < 1.29 is 21.6 Å². The van der Waals surface area contributed by atoms with E-state index in [9.17, 15) is 21.6 Å². The second kappa shape index (κ2) is 4.52. The molecule has 1 aliphatic rings. The van der Waals surface area contributed by atoms with E-state index in [1.165, 1.54) is 6.92 Å². The van der Waals surface area contributed by atoms with Crippen LogP contribution in [0.5, 0.6) is 0 Å². The molecule has 0 bridgehead atoms. The summed E-state index contributed by atoms with van der Waals surface area (Å²) in [6.45, 7) is 3.46. The van der Waals surface area contributed by atoms with E-state index >= 15 is 0 Å². The first-order chi connectivity index (χ1) is 7.20. The van der Waals surface area contributed by atoms with Gasteiger partial charge in [-0.1, -0.05) is 13.3 Å². The Labute approximate surface area is 93.7 Å². The van der Waals surface area contributed by atoms with Crippen LogP contribution in [0.1, 0.15) is 33.1 Å². The summed E-state index contributed by atoms with van der Waals surface area (Å²) in [6.07, 6.45) is 2.15. The number of halogens is 3. The van der Waals surface area contributed by atoms with Crippen molar-refractivity contribution in [1.82, 2.24) is 4.31 Å². The molecular weight excluding hydrogens is 243 g/mol. The molecule has 0 N–H and O–H groups in total. The molecule has 0 unspecified atom stereocenters. The Bertz CT molecular complexity index is 339. The highest BCUT2D eigenvalue weighted by molar-refractivity contribution is 7.90. The molecule has 1 aliphatic heterocycles. The second-order valence-corrected chi connectivity index (χ2v) is 6.14. The highest BCUT2D eigenvalue weighted by Gasteiger charge is 2.53. The van der Waals surface area contributed by atoms with E-state index in [0.29, 0.717) is 10.7 Å². The van der Waals surface area contributed by atoms with E-state index < -0.39 is 21.6 Å². The monoisotopic (exact) mass is 259 g/mol. The molecule has 0 amide bonds. The topological polar surface area (TPSA) is 37.4 Å². The summed E-state index contributed by atoms with van der Waals surface area (Å²) in [6, 6.07) is -0.553. The van der Waals surface area contributed by atoms with E-state index in [0.717, 1.165) is 12.8 Å². The van der Waals surface area contributed by atoms with Crippen LogP contribution in [0.3, 0.4) is 0 Å². The van der Waals surface area contributed by atoms with Crippen molar-refractivity contribution in [2.75, 3.05) is 6.54 Å². The largest absolute Gasteiger partial charge is 0.511 e. The van der Waals surface area contributed by atoms with Crippen molar-refractivity contribution in [1.29, 1.82) is 0 Å². The molecule has 0 spiro atoms. The van der Waals surface area contributed by atoms with Crippen molar-refractivity contribution in [2.24, 2.45) is 5.92 Å². The van der Waals surface area contributed by atoms with Crippen molar-refractivity contribution >= 4 is 10.0 Å². The van der Waals surface area contributed by atoms with Gasteiger partial charge in [0.2, 0.25) is 0 Å². The van der Waals surface area contributed by atoms with Crippen LogP contribution in [0.4, 0.5) is 13.2 Å². The first-order valence-corrected chi connectivity index (χ1v) is 6.72. The summed E-state index contributed by atoms with van der Waals surface area (Å²) in [4.78, 5) is 0. The highest BCUT2D eigenvalue weighted by Crippen LogP contribution is 2.35. The predicted octanol–water partition coefficient (Wildman–Crippen LogP) is 2.35. The lowest BCUT2D eigenvalue weighted by Crippen LogP contribution is -2.42. The number of sulfonamides is 1. The number of alkyl halides is 3. The molecule has 1 heterocycles. The molecule has 0 saturated carbocycles. The molecule has 96 valence electrons. The standard InChI is InChI=1S/C9H16F3NO2S/c1-3-4-8-5-7(2)13(6-8)16(14,15)9(10,11)12/h7-8H,3-6H2,1-2H3/t7-,8+/m1/s1. The fourth-order valence-corrected chi connectivity index (χ4v) is 3.43. The van der Waals surface area contributed by atoms with E-state index in [1.54, 1.807) is 0 Å². The Morgan fingerprint density at radius 2 is 1.94 bits per heavy atom. The first-order valence-electron chi connectivity index (χ1n) is 5.28. The van der Waals surface area contributed by atoms with E-state index in [1.807, 2.05) is 6.92 Å². The Morgan fingerprint density at radius 1 is 1.38 bits per heavy atom. The zero-order valence-corrected chi connectivity index (χ0v) is 10.1. The van der Waals surface area contributed by atoms with Gasteiger partial charge in [0.15, 0.2) is 0 Å². The third-order valence-corrected chi connectivity index (χ3v) is 4.61. The lowest BCUT2D eigenvalue weighted by atomic mass is 10.0. The van der Waals surface area contributed by atoms with Gasteiger partial charge in [0.05, 0.1) is 0 Å². The maximum atomic E-state index is 12.3. The smallest absolute Gasteiger partial charge is 0.203 e. The average Bonchev–Trinajstić information content (AvgIpc) is 2.46. The van der Waals surface area contributed by atoms with Gasteiger partial charge >= 0.3 is 15.5 Å². The van der Waals surface area contributed by atoms with Crippen LogP contribution in [0.25, 0.3) is 0 Å². The molecule has 0 radical (unpaired) electrons. The molecule has 1 saturated heterocycles. The molecule has 0 aromatic rings. The Balaban J connectivity index is 2.84. The maximum absolute atomic E-state index is 12.3. The SMILES string of the molecule is CCC[C@H]1C[C@@H](C)N(S(=O)(=O)C(F)(F)F)C1. The minimum absolute atomic E-state index is 0.00313. The zero-order valence-electron chi connectivity index (χ0n) is 9.29. The minimum atomic E-state index is -5.18. The summed E-state index contributed by atoms with van der Waals surface area (Å²) in [5.41, 5.74) is -5.18. The van der Waals surface area contributed by atoms with Crippen molar-refractivity contribution in [3.05, 3.63) is 0 Å². The first kappa shape index (κ1) is 13.8. The molecular formula is C9H16F3NO2S. The van der Waals surface area contributed by atoms with Crippen molar-refractivity contribution in [3.63, 3.8) is 0 Å².